The summed E-state index contributed by atoms with van der Waals surface area (Å²) in [6.45, 7) is 4.30. The van der Waals surface area contributed by atoms with E-state index in [1.807, 2.05) is 23.2 Å². The molecule has 1 saturated heterocycles. The number of aromatic nitrogens is 7. The Hall–Kier alpha value is -2.97. The van der Waals surface area contributed by atoms with E-state index < -0.39 is 0 Å². The molecular weight excluding hydrogens is 378 g/mol. The molecule has 9 heteroatoms. The van der Waals surface area contributed by atoms with E-state index in [1.54, 1.807) is 6.33 Å². The van der Waals surface area contributed by atoms with E-state index in [1.165, 1.54) is 38.5 Å². The van der Waals surface area contributed by atoms with Crippen molar-refractivity contribution in [2.24, 2.45) is 0 Å². The molecule has 0 amide bonds. The van der Waals surface area contributed by atoms with Crippen LogP contribution in [0.1, 0.15) is 63.7 Å². The van der Waals surface area contributed by atoms with Crippen molar-refractivity contribution in [2.75, 3.05) is 22.9 Å². The lowest BCUT2D eigenvalue weighted by Gasteiger charge is -2.40. The van der Waals surface area contributed by atoms with E-state index >= 15 is 0 Å². The van der Waals surface area contributed by atoms with Crippen LogP contribution >= 0.6 is 0 Å². The zero-order valence-electron chi connectivity index (χ0n) is 17.4. The summed E-state index contributed by atoms with van der Waals surface area (Å²) in [6, 6.07) is 0.675. The molecular formula is C21H27N9. The van der Waals surface area contributed by atoms with Crippen molar-refractivity contribution in [3.63, 3.8) is 0 Å². The average Bonchev–Trinajstić information content (AvgIpc) is 3.57. The molecule has 1 saturated carbocycles. The summed E-state index contributed by atoms with van der Waals surface area (Å²) in [7, 11) is 0. The monoisotopic (exact) mass is 405 g/mol. The van der Waals surface area contributed by atoms with Gasteiger partial charge in [0.1, 0.15) is 12.0 Å². The van der Waals surface area contributed by atoms with Crippen LogP contribution in [0.3, 0.4) is 0 Å². The van der Waals surface area contributed by atoms with Gasteiger partial charge in [-0.1, -0.05) is 19.8 Å². The fourth-order valence-electron chi connectivity index (χ4n) is 5.35. The quantitative estimate of drug-likeness (QED) is 0.660. The van der Waals surface area contributed by atoms with Crippen LogP contribution in [0.4, 0.5) is 11.8 Å². The van der Waals surface area contributed by atoms with Gasteiger partial charge < -0.3 is 9.80 Å². The van der Waals surface area contributed by atoms with Gasteiger partial charge in [-0.2, -0.15) is 4.98 Å². The lowest BCUT2D eigenvalue weighted by atomic mass is 10.0. The molecule has 6 rings (SSSR count). The van der Waals surface area contributed by atoms with Gasteiger partial charge in [-0.05, 0) is 32.1 Å². The molecule has 3 aromatic heterocycles. The average molecular weight is 406 g/mol. The predicted molar refractivity (Wildman–Crippen MR) is 113 cm³/mol. The Morgan fingerprint density at radius 1 is 1.03 bits per heavy atom. The van der Waals surface area contributed by atoms with Gasteiger partial charge in [0.05, 0.1) is 12.2 Å². The van der Waals surface area contributed by atoms with Crippen LogP contribution in [-0.4, -0.2) is 53.4 Å². The first-order valence-corrected chi connectivity index (χ1v) is 11.2. The van der Waals surface area contributed by atoms with Gasteiger partial charge in [-0.15, -0.1) is 10.2 Å². The second kappa shape index (κ2) is 7.07. The first kappa shape index (κ1) is 17.9. The Bertz CT molecular complexity index is 1040. The molecule has 0 N–H and O–H groups in total. The van der Waals surface area contributed by atoms with E-state index in [4.69, 9.17) is 9.97 Å². The number of imidazole rings is 1. The molecule has 3 aliphatic rings. The van der Waals surface area contributed by atoms with Crippen LogP contribution in [0, 0.1) is 0 Å². The summed E-state index contributed by atoms with van der Waals surface area (Å²) in [4.78, 5) is 19.3. The van der Waals surface area contributed by atoms with Gasteiger partial charge in [0.15, 0.2) is 11.6 Å². The molecule has 1 atom stereocenters. The van der Waals surface area contributed by atoms with Crippen molar-refractivity contribution in [3.05, 3.63) is 30.7 Å². The summed E-state index contributed by atoms with van der Waals surface area (Å²) in [5, 5.41) is 8.67. The predicted octanol–water partition coefficient (Wildman–Crippen LogP) is 3.06. The lowest BCUT2D eigenvalue weighted by Crippen LogP contribution is -2.42. The summed E-state index contributed by atoms with van der Waals surface area (Å²) in [5.74, 6) is 3.61. The van der Waals surface area contributed by atoms with Gasteiger partial charge in [0, 0.05) is 31.5 Å². The maximum Gasteiger partial charge on any atom is 0.238 e. The molecule has 3 aromatic rings. The Morgan fingerprint density at radius 3 is 2.67 bits per heavy atom. The second-order valence-electron chi connectivity index (χ2n) is 8.50. The number of rotatable bonds is 4. The molecule has 2 aliphatic heterocycles. The molecule has 156 valence electrons. The molecule has 0 spiro atoms. The van der Waals surface area contributed by atoms with Gasteiger partial charge in [0.25, 0.3) is 0 Å². The molecule has 0 radical (unpaired) electrons. The first-order valence-electron chi connectivity index (χ1n) is 11.2. The van der Waals surface area contributed by atoms with Crippen molar-refractivity contribution >= 4 is 11.8 Å². The maximum atomic E-state index is 5.13. The number of hydrogen-bond acceptors (Lipinski definition) is 7. The van der Waals surface area contributed by atoms with Crippen molar-refractivity contribution < 1.29 is 0 Å². The second-order valence-corrected chi connectivity index (χ2v) is 8.50. The highest BCUT2D eigenvalue weighted by Crippen LogP contribution is 2.42. The first-order chi connectivity index (χ1) is 14.8. The van der Waals surface area contributed by atoms with Crippen LogP contribution in [0.5, 0.6) is 0 Å². The zero-order chi connectivity index (χ0) is 20.1. The smallest absolute Gasteiger partial charge is 0.238 e. The van der Waals surface area contributed by atoms with Gasteiger partial charge in [-0.25, -0.2) is 9.97 Å². The minimum atomic E-state index is 0.187. The molecule has 9 nitrogen and oxygen atoms in total. The summed E-state index contributed by atoms with van der Waals surface area (Å²) in [6.07, 6.45) is 15.9. The van der Waals surface area contributed by atoms with Gasteiger partial charge in [-0.3, -0.25) is 9.13 Å². The minimum absolute atomic E-state index is 0.187. The van der Waals surface area contributed by atoms with Crippen LogP contribution in [-0.2, 0) is 0 Å². The number of anilines is 2. The number of hydrogen-bond donors (Lipinski definition) is 0. The summed E-state index contributed by atoms with van der Waals surface area (Å²) < 4.78 is 4.09. The number of nitrogens with zero attached hydrogens (tertiary/aromatic N) is 9. The van der Waals surface area contributed by atoms with Crippen molar-refractivity contribution in [1.29, 1.82) is 0 Å². The summed E-state index contributed by atoms with van der Waals surface area (Å²) >= 11 is 0. The van der Waals surface area contributed by atoms with Crippen LogP contribution < -0.4 is 9.80 Å². The third-order valence-corrected chi connectivity index (χ3v) is 6.78. The minimum Gasteiger partial charge on any atom is -0.342 e. The standard InChI is InChI=1S/C21H27N9/c1-2-16-19-26-24-14-29(19)17-13-23-20(25-18(17)30(16)15-7-3-4-8-15)28-12-9-22-21(28)27-10-5-6-11-27/h9,12-16H,2-8,10-11H2,1H3/t16-/m1/s1. The Labute approximate surface area is 175 Å². The fourth-order valence-corrected chi connectivity index (χ4v) is 5.35. The van der Waals surface area contributed by atoms with E-state index in [9.17, 15) is 0 Å². The third kappa shape index (κ3) is 2.64. The van der Waals surface area contributed by atoms with Crippen LogP contribution in [0.25, 0.3) is 11.6 Å². The largest absolute Gasteiger partial charge is 0.342 e. The SMILES string of the molecule is CC[C@@H]1c2nncn2-c2cnc(-n3ccnc3N3CCCC3)nc2N1C1CCCC1. The molecule has 5 heterocycles. The Morgan fingerprint density at radius 2 is 1.87 bits per heavy atom. The molecule has 30 heavy (non-hydrogen) atoms. The van der Waals surface area contributed by atoms with E-state index in [-0.39, 0.29) is 6.04 Å². The molecule has 0 aromatic carbocycles. The highest BCUT2D eigenvalue weighted by molar-refractivity contribution is 5.63. The normalized spacial score (nSPS) is 21.3. The fraction of sp³-hybridized carbons (Fsp3) is 0.571. The molecule has 0 unspecified atom stereocenters. The highest BCUT2D eigenvalue weighted by atomic mass is 15.4. The molecule has 1 aliphatic carbocycles. The Kier molecular flexibility index (Phi) is 4.21. The van der Waals surface area contributed by atoms with Crippen LogP contribution in [0.15, 0.2) is 24.9 Å². The van der Waals surface area contributed by atoms with E-state index in [0.29, 0.717) is 12.0 Å². The maximum absolute atomic E-state index is 5.13. The molecule has 0 bridgehead atoms. The highest BCUT2D eigenvalue weighted by Gasteiger charge is 2.38. The van der Waals surface area contributed by atoms with Gasteiger partial charge in [0.2, 0.25) is 11.9 Å². The lowest BCUT2D eigenvalue weighted by molar-refractivity contribution is 0.468. The third-order valence-electron chi connectivity index (χ3n) is 6.78. The van der Waals surface area contributed by atoms with Crippen molar-refractivity contribution in [3.8, 4) is 11.6 Å². The van der Waals surface area contributed by atoms with Crippen molar-refractivity contribution in [1.82, 2.24) is 34.3 Å². The van der Waals surface area contributed by atoms with E-state index in [2.05, 4.69) is 36.5 Å². The van der Waals surface area contributed by atoms with Crippen LogP contribution in [0.2, 0.25) is 0 Å². The van der Waals surface area contributed by atoms with Gasteiger partial charge >= 0.3 is 0 Å². The topological polar surface area (TPSA) is 80.8 Å². The van der Waals surface area contributed by atoms with Crippen molar-refractivity contribution in [2.45, 2.75) is 64.0 Å². The zero-order valence-corrected chi connectivity index (χ0v) is 17.4. The molecule has 2 fully saturated rings. The number of fused-ring (bicyclic) bond motifs is 3. The van der Waals surface area contributed by atoms with E-state index in [0.717, 1.165) is 42.8 Å². The summed E-state index contributed by atoms with van der Waals surface area (Å²) in [5.41, 5.74) is 0.971. The Balaban J connectivity index is 1.49.